The van der Waals surface area contributed by atoms with E-state index in [0.717, 1.165) is 0 Å². The van der Waals surface area contributed by atoms with Crippen molar-refractivity contribution in [2.75, 3.05) is 0 Å². The Bertz CT molecular complexity index is 771. The minimum Gasteiger partial charge on any atom is -0.456 e. The standard InChI is InChI=1S/C22H25O6.C5H5.Fe/c1-21(2,3)27-19(24)15-11-16(20(25)28-22(4,5)6)13-17(12-15)26-18(23)14-9-7-8-10-14;1-2-4-5-3-1;/h7-13H,1-6H3;1-5H;/q;;+2. The van der Waals surface area contributed by atoms with E-state index in [9.17, 15) is 14.4 Å². The van der Waals surface area contributed by atoms with E-state index in [4.69, 9.17) is 14.2 Å². The van der Waals surface area contributed by atoms with Gasteiger partial charge in [0, 0.05) is 0 Å². The normalized spacial score (nSPS) is 16.1. The van der Waals surface area contributed by atoms with Gasteiger partial charge in [0.15, 0.2) is 0 Å². The van der Waals surface area contributed by atoms with Crippen molar-refractivity contribution in [1.82, 2.24) is 0 Å². The molecular formula is C27H30FeO6+2. The number of carbonyl (C=O) groups excluding carboxylic acids is 3. The molecule has 180 valence electrons. The third kappa shape index (κ3) is 11.0. The van der Waals surface area contributed by atoms with Crippen LogP contribution in [0.1, 0.15) is 62.3 Å². The van der Waals surface area contributed by atoms with Gasteiger partial charge >= 0.3 is 35.0 Å². The molecule has 2 saturated carbocycles. The molecule has 7 heteroatoms. The van der Waals surface area contributed by atoms with Crippen LogP contribution in [0.3, 0.4) is 0 Å². The van der Waals surface area contributed by atoms with Gasteiger partial charge < -0.3 is 14.2 Å². The molecule has 34 heavy (non-hydrogen) atoms. The van der Waals surface area contributed by atoms with Crippen molar-refractivity contribution in [3.63, 3.8) is 0 Å². The first-order chi connectivity index (χ1) is 15.3. The minimum atomic E-state index is -0.717. The van der Waals surface area contributed by atoms with E-state index in [1.54, 1.807) is 67.2 Å². The number of esters is 3. The summed E-state index contributed by atoms with van der Waals surface area (Å²) in [6, 6.07) is 4.09. The third-order valence-electron chi connectivity index (χ3n) is 3.84. The molecule has 0 unspecified atom stereocenters. The fourth-order valence-electron chi connectivity index (χ4n) is 2.56. The molecule has 0 saturated heterocycles. The molecule has 2 aliphatic rings. The number of carbonyl (C=O) groups is 3. The predicted molar refractivity (Wildman–Crippen MR) is 124 cm³/mol. The Labute approximate surface area is 215 Å². The van der Waals surface area contributed by atoms with E-state index in [0.29, 0.717) is 5.92 Å². The summed E-state index contributed by atoms with van der Waals surface area (Å²) in [7, 11) is 0. The Hall–Kier alpha value is -1.85. The summed E-state index contributed by atoms with van der Waals surface area (Å²) in [5.41, 5.74) is -1.26. The van der Waals surface area contributed by atoms with Crippen molar-refractivity contribution in [3.8, 4) is 5.75 Å². The quantitative estimate of drug-likeness (QED) is 0.328. The molecule has 1 aromatic rings. The van der Waals surface area contributed by atoms with Crippen LogP contribution in [0.4, 0.5) is 0 Å². The van der Waals surface area contributed by atoms with Crippen LogP contribution in [0.5, 0.6) is 5.75 Å². The zero-order valence-electron chi connectivity index (χ0n) is 20.2. The summed E-state index contributed by atoms with van der Waals surface area (Å²) in [5.74, 6) is -1.45. The predicted octanol–water partition coefficient (Wildman–Crippen LogP) is 4.93. The van der Waals surface area contributed by atoms with Gasteiger partial charge in [-0.3, -0.25) is 4.79 Å². The molecule has 0 spiro atoms. The molecule has 10 radical (unpaired) electrons. The van der Waals surface area contributed by atoms with E-state index < -0.39 is 29.1 Å². The molecule has 0 amide bonds. The first kappa shape index (κ1) is 30.2. The van der Waals surface area contributed by atoms with Crippen LogP contribution in [0.15, 0.2) is 18.2 Å². The maximum absolute atomic E-state index is 12.5. The zero-order valence-corrected chi connectivity index (χ0v) is 21.3. The van der Waals surface area contributed by atoms with E-state index >= 15 is 0 Å². The summed E-state index contributed by atoms with van der Waals surface area (Å²) in [5, 5.41) is 0. The number of hydrogen-bond donors (Lipinski definition) is 0. The summed E-state index contributed by atoms with van der Waals surface area (Å²) < 4.78 is 16.1. The molecule has 1 aromatic carbocycles. The first-order valence-corrected chi connectivity index (χ1v) is 10.6. The molecular weight excluding hydrogens is 476 g/mol. The van der Waals surface area contributed by atoms with Gasteiger partial charge in [0.25, 0.3) is 0 Å². The van der Waals surface area contributed by atoms with Gasteiger partial charge in [-0.05, 0) is 118 Å². The van der Waals surface area contributed by atoms with Crippen LogP contribution >= 0.6 is 0 Å². The van der Waals surface area contributed by atoms with Gasteiger partial charge in [0.1, 0.15) is 17.0 Å². The molecule has 0 atom stereocenters. The minimum absolute atomic E-state index is 0. The Morgan fingerprint density at radius 1 is 0.588 bits per heavy atom. The summed E-state index contributed by atoms with van der Waals surface area (Å²) in [6.07, 6.45) is 16.6. The molecule has 0 bridgehead atoms. The number of benzene rings is 1. The van der Waals surface area contributed by atoms with E-state index in [2.05, 4.69) is 0 Å². The summed E-state index contributed by atoms with van der Waals surface area (Å²) in [6.45, 7) is 10.4. The first-order valence-electron chi connectivity index (χ1n) is 10.6. The van der Waals surface area contributed by atoms with Crippen molar-refractivity contribution >= 4 is 17.9 Å². The molecule has 0 heterocycles. The Morgan fingerprint density at radius 2 is 0.971 bits per heavy atom. The van der Waals surface area contributed by atoms with Gasteiger partial charge in [0.05, 0.1) is 17.0 Å². The average molecular weight is 506 g/mol. The molecule has 0 aromatic heterocycles. The second kappa shape index (κ2) is 13.3. The van der Waals surface area contributed by atoms with E-state index in [-0.39, 0.29) is 33.9 Å². The van der Waals surface area contributed by atoms with Gasteiger partial charge in [-0.1, -0.05) is 0 Å². The topological polar surface area (TPSA) is 78.9 Å². The fraction of sp³-hybridized carbons (Fsp3) is 0.296. The molecule has 0 N–H and O–H groups in total. The Balaban J connectivity index is 0.000000851. The summed E-state index contributed by atoms with van der Waals surface area (Å²) >= 11 is 0. The Morgan fingerprint density at radius 3 is 1.32 bits per heavy atom. The van der Waals surface area contributed by atoms with Crippen LogP contribution in [-0.4, -0.2) is 29.1 Å². The van der Waals surface area contributed by atoms with Crippen LogP contribution in [0.2, 0.25) is 0 Å². The van der Waals surface area contributed by atoms with Gasteiger partial charge in [0.2, 0.25) is 0 Å². The van der Waals surface area contributed by atoms with Crippen LogP contribution in [0, 0.1) is 63.7 Å². The molecule has 6 nitrogen and oxygen atoms in total. The van der Waals surface area contributed by atoms with Crippen molar-refractivity contribution < 1.29 is 45.7 Å². The molecule has 0 aliphatic heterocycles. The monoisotopic (exact) mass is 506 g/mol. The number of ether oxygens (including phenoxy) is 3. The van der Waals surface area contributed by atoms with Crippen molar-refractivity contribution in [2.24, 2.45) is 0 Å². The third-order valence-corrected chi connectivity index (χ3v) is 3.84. The molecule has 3 rings (SSSR count). The van der Waals surface area contributed by atoms with Gasteiger partial charge in [-0.15, -0.1) is 0 Å². The largest absolute Gasteiger partial charge is 2.00 e. The second-order valence-corrected chi connectivity index (χ2v) is 9.28. The molecule has 2 aliphatic carbocycles. The van der Waals surface area contributed by atoms with Crippen LogP contribution in [-0.2, 0) is 31.3 Å². The maximum Gasteiger partial charge on any atom is 2.00 e. The smallest absolute Gasteiger partial charge is 0.456 e. The summed E-state index contributed by atoms with van der Waals surface area (Å²) in [4.78, 5) is 37.2. The van der Waals surface area contributed by atoms with Crippen LogP contribution < -0.4 is 4.74 Å². The van der Waals surface area contributed by atoms with E-state index in [1.807, 2.05) is 32.1 Å². The maximum atomic E-state index is 12.5. The SMILES string of the molecule is CC(C)(C)OC(=O)c1cc(OC(=O)[C]2[CH][CH][CH][CH]2)cc(C(=O)OC(C)(C)C)c1.[CH]1[CH][CH][CH][CH]1.[Fe+2]. The van der Waals surface area contributed by atoms with Crippen molar-refractivity contribution in [3.05, 3.63) is 93.0 Å². The van der Waals surface area contributed by atoms with Crippen molar-refractivity contribution in [2.45, 2.75) is 52.7 Å². The molecule has 2 fully saturated rings. The van der Waals surface area contributed by atoms with Gasteiger partial charge in [-0.25, -0.2) is 9.59 Å². The van der Waals surface area contributed by atoms with E-state index in [1.165, 1.54) is 18.2 Å². The van der Waals surface area contributed by atoms with Crippen LogP contribution in [0.25, 0.3) is 0 Å². The number of rotatable bonds is 4. The number of hydrogen-bond acceptors (Lipinski definition) is 6. The fourth-order valence-corrected chi connectivity index (χ4v) is 2.56. The Kier molecular flexibility index (Phi) is 11.8. The zero-order chi connectivity index (χ0) is 24.6. The average Bonchev–Trinajstić information content (AvgIpc) is 3.41. The van der Waals surface area contributed by atoms with Crippen molar-refractivity contribution in [1.29, 1.82) is 0 Å². The second-order valence-electron chi connectivity index (χ2n) is 9.28. The van der Waals surface area contributed by atoms with Gasteiger partial charge in [-0.2, -0.15) is 0 Å².